The standard InChI is InChI=1S/C29H26INO2/c1-29(2,33)26-9-4-3-7-21(26)13-17-28(32)23-8-5-6-20(18-23)10-15-25-16-12-22-11-14-24(30)19-27(22)31-25/h3-12,14-16,18-19,33H,13,17H2,1-2H3/b15-10+. The molecule has 0 saturated carbocycles. The summed E-state index contributed by atoms with van der Waals surface area (Å²) in [4.78, 5) is 17.6. The predicted octanol–water partition coefficient (Wildman–Crippen LogP) is 7.05. The van der Waals surface area contributed by atoms with Crippen LogP contribution >= 0.6 is 22.6 Å². The number of hydrogen-bond donors (Lipinski definition) is 1. The highest BCUT2D eigenvalue weighted by Gasteiger charge is 2.19. The number of benzene rings is 3. The lowest BCUT2D eigenvalue weighted by molar-refractivity contribution is 0.0773. The predicted molar refractivity (Wildman–Crippen MR) is 144 cm³/mol. The van der Waals surface area contributed by atoms with Crippen LogP contribution in [0.1, 0.15) is 53.0 Å². The molecule has 0 amide bonds. The zero-order chi connectivity index (χ0) is 23.4. The van der Waals surface area contributed by atoms with E-state index >= 15 is 0 Å². The lowest BCUT2D eigenvalue weighted by Crippen LogP contribution is -2.18. The summed E-state index contributed by atoms with van der Waals surface area (Å²) in [5.74, 6) is 0.0919. The number of aliphatic hydroxyl groups is 1. The zero-order valence-corrected chi connectivity index (χ0v) is 20.9. The molecule has 3 aromatic carbocycles. The third-order valence-electron chi connectivity index (χ3n) is 5.63. The number of aryl methyl sites for hydroxylation is 1. The van der Waals surface area contributed by atoms with Crippen LogP contribution in [0.15, 0.2) is 78.9 Å². The summed E-state index contributed by atoms with van der Waals surface area (Å²) in [5, 5.41) is 11.5. The summed E-state index contributed by atoms with van der Waals surface area (Å²) in [6.45, 7) is 3.54. The van der Waals surface area contributed by atoms with Crippen LogP contribution in [0, 0.1) is 3.57 Å². The van der Waals surface area contributed by atoms with Crippen LogP contribution in [0.5, 0.6) is 0 Å². The van der Waals surface area contributed by atoms with E-state index < -0.39 is 5.60 Å². The van der Waals surface area contributed by atoms with Gasteiger partial charge in [-0.1, -0.05) is 60.7 Å². The highest BCUT2D eigenvalue weighted by atomic mass is 127. The first kappa shape index (κ1) is 23.3. The maximum Gasteiger partial charge on any atom is 0.163 e. The van der Waals surface area contributed by atoms with Gasteiger partial charge in [0.25, 0.3) is 0 Å². The van der Waals surface area contributed by atoms with Crippen molar-refractivity contribution in [2.24, 2.45) is 0 Å². The van der Waals surface area contributed by atoms with E-state index in [-0.39, 0.29) is 5.78 Å². The van der Waals surface area contributed by atoms with Gasteiger partial charge >= 0.3 is 0 Å². The first-order chi connectivity index (χ1) is 15.8. The Kier molecular flexibility index (Phi) is 7.05. The van der Waals surface area contributed by atoms with Gasteiger partial charge in [0.2, 0.25) is 0 Å². The van der Waals surface area contributed by atoms with E-state index in [0.29, 0.717) is 18.4 Å². The first-order valence-electron chi connectivity index (χ1n) is 11.0. The molecular weight excluding hydrogens is 521 g/mol. The lowest BCUT2D eigenvalue weighted by Gasteiger charge is -2.21. The molecule has 4 rings (SSSR count). The summed E-state index contributed by atoms with van der Waals surface area (Å²) in [6, 6.07) is 25.7. The Balaban J connectivity index is 1.47. The van der Waals surface area contributed by atoms with Gasteiger partial charge in [0, 0.05) is 20.9 Å². The Morgan fingerprint density at radius 2 is 1.76 bits per heavy atom. The molecule has 0 unspecified atom stereocenters. The number of halogens is 1. The van der Waals surface area contributed by atoms with E-state index in [2.05, 4.69) is 46.9 Å². The van der Waals surface area contributed by atoms with Crippen molar-refractivity contribution in [3.8, 4) is 0 Å². The van der Waals surface area contributed by atoms with Crippen molar-refractivity contribution in [1.29, 1.82) is 0 Å². The van der Waals surface area contributed by atoms with Crippen LogP contribution < -0.4 is 0 Å². The minimum absolute atomic E-state index is 0.0919. The molecule has 1 N–H and O–H groups in total. The molecule has 0 aliphatic carbocycles. The van der Waals surface area contributed by atoms with E-state index in [4.69, 9.17) is 4.98 Å². The van der Waals surface area contributed by atoms with Crippen molar-refractivity contribution >= 4 is 51.4 Å². The minimum Gasteiger partial charge on any atom is -0.386 e. The topological polar surface area (TPSA) is 50.2 Å². The number of aromatic nitrogens is 1. The van der Waals surface area contributed by atoms with Crippen molar-refractivity contribution < 1.29 is 9.90 Å². The molecule has 166 valence electrons. The molecule has 0 bridgehead atoms. The number of nitrogens with zero attached hydrogens (tertiary/aromatic N) is 1. The lowest BCUT2D eigenvalue weighted by atomic mass is 9.90. The Morgan fingerprint density at radius 3 is 2.58 bits per heavy atom. The molecule has 1 heterocycles. The first-order valence-corrected chi connectivity index (χ1v) is 12.1. The Morgan fingerprint density at radius 1 is 0.970 bits per heavy atom. The quantitative estimate of drug-likeness (QED) is 0.199. The van der Waals surface area contributed by atoms with E-state index in [9.17, 15) is 9.90 Å². The summed E-state index contributed by atoms with van der Waals surface area (Å²) in [7, 11) is 0. The Hall–Kier alpha value is -2.83. The van der Waals surface area contributed by atoms with Crippen LogP contribution in [0.3, 0.4) is 0 Å². The molecule has 0 aliphatic rings. The summed E-state index contributed by atoms with van der Waals surface area (Å²) < 4.78 is 1.16. The third kappa shape index (κ3) is 5.95. The van der Waals surface area contributed by atoms with Crippen LogP contribution in [0.25, 0.3) is 23.1 Å². The average molecular weight is 547 g/mol. The van der Waals surface area contributed by atoms with Gasteiger partial charge < -0.3 is 5.11 Å². The second-order valence-corrected chi connectivity index (χ2v) is 9.92. The van der Waals surface area contributed by atoms with Crippen LogP contribution in [-0.2, 0) is 12.0 Å². The highest BCUT2D eigenvalue weighted by molar-refractivity contribution is 14.1. The fourth-order valence-corrected chi connectivity index (χ4v) is 4.40. The molecule has 3 nitrogen and oxygen atoms in total. The molecule has 0 atom stereocenters. The van der Waals surface area contributed by atoms with E-state index in [1.807, 2.05) is 66.7 Å². The monoisotopic (exact) mass is 547 g/mol. The second kappa shape index (κ2) is 9.98. The number of carbonyl (C=O) groups excluding carboxylic acids is 1. The maximum atomic E-state index is 12.9. The SMILES string of the molecule is CC(C)(O)c1ccccc1CCC(=O)c1cccc(/C=C/c2ccc3ccc(I)cc3n2)c1. The zero-order valence-electron chi connectivity index (χ0n) is 18.8. The molecule has 0 radical (unpaired) electrons. The molecule has 0 aliphatic heterocycles. The van der Waals surface area contributed by atoms with Gasteiger partial charge in [-0.2, -0.15) is 0 Å². The second-order valence-electron chi connectivity index (χ2n) is 8.67. The molecule has 1 aromatic heterocycles. The van der Waals surface area contributed by atoms with Crippen LogP contribution in [0.4, 0.5) is 0 Å². The summed E-state index contributed by atoms with van der Waals surface area (Å²) in [6.07, 6.45) is 4.95. The molecule has 4 aromatic rings. The molecule has 4 heteroatoms. The molecule has 0 spiro atoms. The van der Waals surface area contributed by atoms with E-state index in [1.54, 1.807) is 13.8 Å². The van der Waals surface area contributed by atoms with Gasteiger partial charge in [-0.05, 0) is 89.9 Å². The average Bonchev–Trinajstić information content (AvgIpc) is 2.80. The van der Waals surface area contributed by atoms with Crippen LogP contribution in [0.2, 0.25) is 0 Å². The number of rotatable bonds is 7. The maximum absolute atomic E-state index is 12.9. The van der Waals surface area contributed by atoms with Gasteiger partial charge in [-0.25, -0.2) is 4.98 Å². The minimum atomic E-state index is -0.931. The Bertz CT molecular complexity index is 1340. The van der Waals surface area contributed by atoms with Gasteiger partial charge in [-0.3, -0.25) is 4.79 Å². The van der Waals surface area contributed by atoms with E-state index in [1.165, 1.54) is 0 Å². The van der Waals surface area contributed by atoms with Crippen molar-refractivity contribution in [3.63, 3.8) is 0 Å². The van der Waals surface area contributed by atoms with Gasteiger partial charge in [0.1, 0.15) is 0 Å². The third-order valence-corrected chi connectivity index (χ3v) is 6.30. The van der Waals surface area contributed by atoms with E-state index in [0.717, 1.165) is 36.9 Å². The number of ketones is 1. The number of fused-ring (bicyclic) bond motifs is 1. The number of Topliss-reactive ketones (excluding diaryl/α,β-unsaturated/α-hetero) is 1. The van der Waals surface area contributed by atoms with Gasteiger partial charge in [0.15, 0.2) is 5.78 Å². The number of pyridine rings is 1. The summed E-state index contributed by atoms with van der Waals surface area (Å²) >= 11 is 2.29. The fraction of sp³-hybridized carbons (Fsp3) is 0.172. The smallest absolute Gasteiger partial charge is 0.163 e. The highest BCUT2D eigenvalue weighted by Crippen LogP contribution is 2.25. The van der Waals surface area contributed by atoms with Gasteiger partial charge in [-0.15, -0.1) is 0 Å². The molecule has 33 heavy (non-hydrogen) atoms. The number of carbonyl (C=O) groups is 1. The molecule has 0 fully saturated rings. The molecular formula is C29H26INO2. The fourth-order valence-electron chi connectivity index (χ4n) is 3.92. The normalized spacial score (nSPS) is 11.9. The molecule has 0 saturated heterocycles. The number of hydrogen-bond acceptors (Lipinski definition) is 3. The summed E-state index contributed by atoms with van der Waals surface area (Å²) in [5.41, 5.74) is 4.45. The van der Waals surface area contributed by atoms with Crippen molar-refractivity contribution in [2.75, 3.05) is 0 Å². The van der Waals surface area contributed by atoms with Crippen molar-refractivity contribution in [3.05, 3.63) is 110 Å². The van der Waals surface area contributed by atoms with Gasteiger partial charge in [0.05, 0.1) is 16.8 Å². The largest absolute Gasteiger partial charge is 0.386 e. The van der Waals surface area contributed by atoms with Crippen molar-refractivity contribution in [2.45, 2.75) is 32.3 Å². The van der Waals surface area contributed by atoms with Crippen LogP contribution in [-0.4, -0.2) is 15.9 Å². The Labute approximate surface area is 208 Å². The van der Waals surface area contributed by atoms with Crippen molar-refractivity contribution in [1.82, 2.24) is 4.98 Å².